The van der Waals surface area contributed by atoms with E-state index < -0.39 is 18.3 Å². The molecule has 5 nitrogen and oxygen atoms in total. The molecular weight excluding hydrogens is 246 g/mol. The third-order valence-corrected chi connectivity index (χ3v) is 3.24. The zero-order chi connectivity index (χ0) is 13.8. The molecule has 1 aromatic carbocycles. The number of β-amino-alcohol motifs (C(OH)–C–C–N with tert-alkyl or cyclic N) is 2. The van der Waals surface area contributed by atoms with Crippen LogP contribution in [0.1, 0.15) is 13.3 Å². The van der Waals surface area contributed by atoms with Crippen LogP contribution in [0.3, 0.4) is 0 Å². The first-order valence-corrected chi connectivity index (χ1v) is 6.48. The van der Waals surface area contributed by atoms with Crippen LogP contribution in [0.4, 0.5) is 0 Å². The summed E-state index contributed by atoms with van der Waals surface area (Å²) >= 11 is 0. The Morgan fingerprint density at radius 1 is 1.32 bits per heavy atom. The van der Waals surface area contributed by atoms with Crippen molar-refractivity contribution >= 4 is 5.91 Å². The number of aliphatic hydroxyl groups is 2. The summed E-state index contributed by atoms with van der Waals surface area (Å²) in [5.41, 5.74) is 0. The Morgan fingerprint density at radius 3 is 2.42 bits per heavy atom. The molecular formula is C14H19NO4. The molecule has 1 fully saturated rings. The smallest absolute Gasteiger partial charge is 0.263 e. The van der Waals surface area contributed by atoms with Crippen LogP contribution in [0, 0.1) is 0 Å². The van der Waals surface area contributed by atoms with Crippen LogP contribution in [-0.4, -0.2) is 52.4 Å². The summed E-state index contributed by atoms with van der Waals surface area (Å²) in [6.07, 6.45) is -1.77. The lowest BCUT2D eigenvalue weighted by Crippen LogP contribution is -2.41. The van der Waals surface area contributed by atoms with Gasteiger partial charge in [-0.15, -0.1) is 0 Å². The highest BCUT2D eigenvalue weighted by molar-refractivity contribution is 5.81. The second-order valence-corrected chi connectivity index (χ2v) is 4.71. The maximum atomic E-state index is 12.3. The van der Waals surface area contributed by atoms with Crippen molar-refractivity contribution in [2.75, 3.05) is 13.1 Å². The molecule has 1 amide bonds. The van der Waals surface area contributed by atoms with Gasteiger partial charge in [0.15, 0.2) is 6.10 Å². The van der Waals surface area contributed by atoms with Crippen molar-refractivity contribution in [3.05, 3.63) is 30.3 Å². The number of amides is 1. The molecule has 1 aromatic rings. The number of likely N-dealkylation sites (tertiary alicyclic amines) is 1. The monoisotopic (exact) mass is 265 g/mol. The molecule has 19 heavy (non-hydrogen) atoms. The number of nitrogens with zero attached hydrogens (tertiary/aromatic N) is 1. The van der Waals surface area contributed by atoms with Gasteiger partial charge in [-0.05, 0) is 18.6 Å². The van der Waals surface area contributed by atoms with Gasteiger partial charge < -0.3 is 19.8 Å². The first-order chi connectivity index (χ1) is 9.11. The van der Waals surface area contributed by atoms with Gasteiger partial charge in [-0.1, -0.05) is 25.1 Å². The number of carbonyl (C=O) groups excluding carboxylic acids is 1. The molecule has 1 heterocycles. The standard InChI is InChI=1S/C14H19NO4/c1-2-13(19-10-6-4-3-5-7-10)14(18)15-8-11(16)12(17)9-15/h3-7,11-13,16-17H,2,8-9H2,1H3/t11-,12+,13?. The number of benzene rings is 1. The summed E-state index contributed by atoms with van der Waals surface area (Å²) in [5, 5.41) is 19.0. The number of para-hydroxylation sites is 1. The molecule has 0 spiro atoms. The Kier molecular flexibility index (Phi) is 4.39. The molecule has 104 valence electrons. The van der Waals surface area contributed by atoms with E-state index in [-0.39, 0.29) is 19.0 Å². The summed E-state index contributed by atoms with van der Waals surface area (Å²) < 4.78 is 5.65. The molecule has 3 atom stereocenters. The van der Waals surface area contributed by atoms with Gasteiger partial charge in [0.25, 0.3) is 5.91 Å². The fourth-order valence-corrected chi connectivity index (χ4v) is 2.12. The van der Waals surface area contributed by atoms with Gasteiger partial charge >= 0.3 is 0 Å². The zero-order valence-electron chi connectivity index (χ0n) is 10.9. The lowest BCUT2D eigenvalue weighted by atomic mass is 10.2. The van der Waals surface area contributed by atoms with Crippen molar-refractivity contribution < 1.29 is 19.7 Å². The van der Waals surface area contributed by atoms with Gasteiger partial charge in [-0.2, -0.15) is 0 Å². The Labute approximate surface area is 112 Å². The molecule has 1 unspecified atom stereocenters. The van der Waals surface area contributed by atoms with Crippen molar-refractivity contribution in [2.24, 2.45) is 0 Å². The van der Waals surface area contributed by atoms with Crippen LogP contribution in [-0.2, 0) is 4.79 Å². The molecule has 0 radical (unpaired) electrons. The van der Waals surface area contributed by atoms with Crippen molar-refractivity contribution in [3.63, 3.8) is 0 Å². The fourth-order valence-electron chi connectivity index (χ4n) is 2.12. The number of rotatable bonds is 4. The molecule has 0 aliphatic carbocycles. The number of ether oxygens (including phenoxy) is 1. The summed E-state index contributed by atoms with van der Waals surface area (Å²) in [7, 11) is 0. The molecule has 1 aliphatic heterocycles. The van der Waals surface area contributed by atoms with Gasteiger partial charge in [0, 0.05) is 13.1 Å². The van der Waals surface area contributed by atoms with Crippen molar-refractivity contribution in [1.82, 2.24) is 4.90 Å². The summed E-state index contributed by atoms with van der Waals surface area (Å²) in [6, 6.07) is 9.15. The first kappa shape index (κ1) is 13.8. The molecule has 0 aromatic heterocycles. The third kappa shape index (κ3) is 3.24. The van der Waals surface area contributed by atoms with Crippen LogP contribution in [0.25, 0.3) is 0 Å². The molecule has 5 heteroatoms. The second-order valence-electron chi connectivity index (χ2n) is 4.71. The topological polar surface area (TPSA) is 70.0 Å². The van der Waals surface area contributed by atoms with Crippen LogP contribution in [0.15, 0.2) is 30.3 Å². The normalized spacial score (nSPS) is 24.3. The summed E-state index contributed by atoms with van der Waals surface area (Å²) in [4.78, 5) is 13.7. The summed E-state index contributed by atoms with van der Waals surface area (Å²) in [6.45, 7) is 2.19. The predicted octanol–water partition coefficient (Wildman–Crippen LogP) is 0.408. The van der Waals surface area contributed by atoms with E-state index in [4.69, 9.17) is 4.74 Å². The molecule has 0 bridgehead atoms. The maximum Gasteiger partial charge on any atom is 0.263 e. The fraction of sp³-hybridized carbons (Fsp3) is 0.500. The van der Waals surface area contributed by atoms with Gasteiger partial charge in [-0.25, -0.2) is 0 Å². The molecule has 2 rings (SSSR count). The minimum atomic E-state index is -0.863. The maximum absolute atomic E-state index is 12.3. The van der Waals surface area contributed by atoms with Gasteiger partial charge in [-0.3, -0.25) is 4.79 Å². The van der Waals surface area contributed by atoms with E-state index in [1.807, 2.05) is 25.1 Å². The highest BCUT2D eigenvalue weighted by atomic mass is 16.5. The number of hydrogen-bond donors (Lipinski definition) is 2. The quantitative estimate of drug-likeness (QED) is 0.827. The Hall–Kier alpha value is -1.59. The van der Waals surface area contributed by atoms with E-state index in [9.17, 15) is 15.0 Å². The number of carbonyl (C=O) groups is 1. The minimum Gasteiger partial charge on any atom is -0.481 e. The number of hydrogen-bond acceptors (Lipinski definition) is 4. The highest BCUT2D eigenvalue weighted by Crippen LogP contribution is 2.17. The first-order valence-electron chi connectivity index (χ1n) is 6.48. The van der Waals surface area contributed by atoms with Gasteiger partial charge in [0.05, 0.1) is 12.2 Å². The van der Waals surface area contributed by atoms with Crippen molar-refractivity contribution in [1.29, 1.82) is 0 Å². The lowest BCUT2D eigenvalue weighted by Gasteiger charge is -2.23. The Balaban J connectivity index is 2.00. The van der Waals surface area contributed by atoms with E-state index in [1.165, 1.54) is 4.90 Å². The summed E-state index contributed by atoms with van der Waals surface area (Å²) in [5.74, 6) is 0.449. The van der Waals surface area contributed by atoms with E-state index in [1.54, 1.807) is 12.1 Å². The van der Waals surface area contributed by atoms with E-state index >= 15 is 0 Å². The van der Waals surface area contributed by atoms with Crippen LogP contribution in [0.2, 0.25) is 0 Å². The second kappa shape index (κ2) is 6.04. The zero-order valence-corrected chi connectivity index (χ0v) is 10.9. The average Bonchev–Trinajstić information content (AvgIpc) is 2.76. The van der Waals surface area contributed by atoms with Crippen LogP contribution in [0.5, 0.6) is 5.75 Å². The van der Waals surface area contributed by atoms with Gasteiger partial charge in [0.1, 0.15) is 5.75 Å². The largest absolute Gasteiger partial charge is 0.481 e. The van der Waals surface area contributed by atoms with Gasteiger partial charge in [0.2, 0.25) is 0 Å². The minimum absolute atomic E-state index is 0.161. The van der Waals surface area contributed by atoms with E-state index in [0.29, 0.717) is 12.2 Å². The van der Waals surface area contributed by atoms with E-state index in [2.05, 4.69) is 0 Å². The van der Waals surface area contributed by atoms with Crippen LogP contribution < -0.4 is 4.74 Å². The lowest BCUT2D eigenvalue weighted by molar-refractivity contribution is -0.138. The predicted molar refractivity (Wildman–Crippen MR) is 69.7 cm³/mol. The Morgan fingerprint density at radius 2 is 1.89 bits per heavy atom. The SMILES string of the molecule is CCC(Oc1ccccc1)C(=O)N1C[C@@H](O)[C@@H](O)C1. The highest BCUT2D eigenvalue weighted by Gasteiger charge is 2.35. The average molecular weight is 265 g/mol. The van der Waals surface area contributed by atoms with E-state index in [0.717, 1.165) is 0 Å². The molecule has 1 aliphatic rings. The Bertz CT molecular complexity index is 413. The van der Waals surface area contributed by atoms with Crippen molar-refractivity contribution in [3.8, 4) is 5.75 Å². The third-order valence-electron chi connectivity index (χ3n) is 3.24. The van der Waals surface area contributed by atoms with Crippen LogP contribution >= 0.6 is 0 Å². The molecule has 1 saturated heterocycles. The molecule has 0 saturated carbocycles. The van der Waals surface area contributed by atoms with Crippen molar-refractivity contribution in [2.45, 2.75) is 31.7 Å². The molecule has 2 N–H and O–H groups in total. The number of aliphatic hydroxyl groups excluding tert-OH is 2.